The van der Waals surface area contributed by atoms with E-state index in [1.807, 2.05) is 51.2 Å². The monoisotopic (exact) mass is 221 g/mol. The molecule has 0 aliphatic carbocycles. The summed E-state index contributed by atoms with van der Waals surface area (Å²) in [5.41, 5.74) is 0.799. The molecule has 1 N–H and O–H groups in total. The number of nitrogens with zero attached hydrogens (tertiary/aromatic N) is 1. The van der Waals surface area contributed by atoms with Crippen LogP contribution in [-0.4, -0.2) is 35.4 Å². The Kier molecular flexibility index (Phi) is 3.02. The summed E-state index contributed by atoms with van der Waals surface area (Å²) >= 11 is 0. The molecule has 0 radical (unpaired) electrons. The number of benzene rings is 1. The van der Waals surface area contributed by atoms with Crippen LogP contribution in [0, 0.1) is 0 Å². The molecule has 3 nitrogen and oxygen atoms in total. The maximum Gasteiger partial charge on any atom is 0.117 e. The van der Waals surface area contributed by atoms with Crippen LogP contribution in [0.4, 0.5) is 0 Å². The molecular formula is C13H19NO2. The molecule has 0 saturated carbocycles. The molecule has 1 fully saturated rings. The fourth-order valence-electron chi connectivity index (χ4n) is 2.23. The zero-order chi connectivity index (χ0) is 11.8. The highest BCUT2D eigenvalue weighted by atomic mass is 16.5. The van der Waals surface area contributed by atoms with Gasteiger partial charge in [-0.2, -0.15) is 0 Å². The second kappa shape index (κ2) is 4.17. The van der Waals surface area contributed by atoms with Crippen LogP contribution in [0.25, 0.3) is 0 Å². The summed E-state index contributed by atoms with van der Waals surface area (Å²) in [6.45, 7) is 4.16. The lowest BCUT2D eigenvalue weighted by Crippen LogP contribution is -2.42. The van der Waals surface area contributed by atoms with Crippen LogP contribution >= 0.6 is 0 Å². The fourth-order valence-corrected chi connectivity index (χ4v) is 2.23. The number of likely N-dealkylation sites (N-methyl/N-ethyl adjacent to an activating group) is 1. The lowest BCUT2D eigenvalue weighted by Gasteiger charge is -2.28. The van der Waals surface area contributed by atoms with Crippen molar-refractivity contribution < 1.29 is 9.84 Å². The average molecular weight is 221 g/mol. The second-order valence-electron chi connectivity index (χ2n) is 4.76. The first-order valence-corrected chi connectivity index (χ1v) is 5.63. The quantitative estimate of drug-likeness (QED) is 0.826. The third kappa shape index (κ3) is 1.86. The summed E-state index contributed by atoms with van der Waals surface area (Å²) in [5.74, 6) is 0. The molecule has 16 heavy (non-hydrogen) atoms. The van der Waals surface area contributed by atoms with Crippen molar-refractivity contribution in [1.82, 2.24) is 4.90 Å². The van der Waals surface area contributed by atoms with E-state index in [9.17, 15) is 5.11 Å². The molecule has 1 aliphatic rings. The van der Waals surface area contributed by atoms with Gasteiger partial charge >= 0.3 is 0 Å². The van der Waals surface area contributed by atoms with Gasteiger partial charge in [-0.3, -0.25) is 4.90 Å². The number of rotatable bonds is 2. The van der Waals surface area contributed by atoms with Gasteiger partial charge in [0.25, 0.3) is 0 Å². The summed E-state index contributed by atoms with van der Waals surface area (Å²) in [7, 11) is 1.99. The third-order valence-corrected chi connectivity index (χ3v) is 3.43. The first kappa shape index (κ1) is 11.6. The highest BCUT2D eigenvalue weighted by molar-refractivity contribution is 5.21. The first-order valence-electron chi connectivity index (χ1n) is 5.63. The van der Waals surface area contributed by atoms with E-state index in [4.69, 9.17) is 4.74 Å². The largest absolute Gasteiger partial charge is 0.395 e. The van der Waals surface area contributed by atoms with Crippen LogP contribution in [0.1, 0.15) is 25.5 Å². The van der Waals surface area contributed by atoms with Crippen LogP contribution < -0.4 is 0 Å². The Morgan fingerprint density at radius 1 is 1.31 bits per heavy atom. The SMILES string of the molecule is CN1[C@H](CO)[C@@H](c2ccccc2)OC1(C)C. The van der Waals surface area contributed by atoms with E-state index in [1.165, 1.54) is 0 Å². The molecule has 1 saturated heterocycles. The van der Waals surface area contributed by atoms with Gasteiger partial charge in [0.1, 0.15) is 11.8 Å². The number of aliphatic hydroxyl groups excluding tert-OH is 1. The maximum absolute atomic E-state index is 9.48. The van der Waals surface area contributed by atoms with Crippen molar-refractivity contribution >= 4 is 0 Å². The van der Waals surface area contributed by atoms with Gasteiger partial charge in [0.15, 0.2) is 0 Å². The van der Waals surface area contributed by atoms with Gasteiger partial charge in [-0.15, -0.1) is 0 Å². The predicted octanol–water partition coefficient (Wildman–Crippen LogP) is 1.79. The molecule has 88 valence electrons. The summed E-state index contributed by atoms with van der Waals surface area (Å²) in [5, 5.41) is 9.48. The lowest BCUT2D eigenvalue weighted by molar-refractivity contribution is -0.0684. The third-order valence-electron chi connectivity index (χ3n) is 3.43. The maximum atomic E-state index is 9.48. The van der Waals surface area contributed by atoms with Gasteiger partial charge in [-0.05, 0) is 26.5 Å². The van der Waals surface area contributed by atoms with E-state index >= 15 is 0 Å². The van der Waals surface area contributed by atoms with E-state index in [2.05, 4.69) is 4.90 Å². The van der Waals surface area contributed by atoms with E-state index < -0.39 is 0 Å². The van der Waals surface area contributed by atoms with Crippen molar-refractivity contribution in [3.8, 4) is 0 Å². The molecule has 0 unspecified atom stereocenters. The Hall–Kier alpha value is -0.900. The molecule has 0 aromatic heterocycles. The standard InChI is InChI=1S/C13H19NO2/c1-13(2)14(3)11(9-15)12(16-13)10-7-5-4-6-8-10/h4-8,11-12,15H,9H2,1-3H3/t11-,12-/m1/s1. The van der Waals surface area contributed by atoms with Gasteiger partial charge < -0.3 is 9.84 Å². The van der Waals surface area contributed by atoms with Crippen LogP contribution in [-0.2, 0) is 4.74 Å². The summed E-state index contributed by atoms with van der Waals surface area (Å²) < 4.78 is 6.02. The van der Waals surface area contributed by atoms with Crippen LogP contribution in [0.3, 0.4) is 0 Å². The first-order chi connectivity index (χ1) is 7.56. The van der Waals surface area contributed by atoms with E-state index in [0.717, 1.165) is 5.56 Å². The van der Waals surface area contributed by atoms with E-state index in [0.29, 0.717) is 0 Å². The van der Waals surface area contributed by atoms with Gasteiger partial charge in [0.2, 0.25) is 0 Å². The van der Waals surface area contributed by atoms with Gasteiger partial charge in [0, 0.05) is 0 Å². The Balaban J connectivity index is 2.29. The molecule has 1 aromatic carbocycles. The highest BCUT2D eigenvalue weighted by Gasteiger charge is 2.45. The zero-order valence-corrected chi connectivity index (χ0v) is 10.1. The molecule has 0 amide bonds. The molecule has 1 aliphatic heterocycles. The second-order valence-corrected chi connectivity index (χ2v) is 4.76. The van der Waals surface area contributed by atoms with Crippen LogP contribution in [0.5, 0.6) is 0 Å². The van der Waals surface area contributed by atoms with E-state index in [1.54, 1.807) is 0 Å². The Morgan fingerprint density at radius 3 is 2.50 bits per heavy atom. The normalized spacial score (nSPS) is 29.5. The minimum Gasteiger partial charge on any atom is -0.395 e. The minimum atomic E-state index is -0.325. The fraction of sp³-hybridized carbons (Fsp3) is 0.538. The predicted molar refractivity (Wildman–Crippen MR) is 63.0 cm³/mol. The van der Waals surface area contributed by atoms with Crippen molar-refractivity contribution in [3.63, 3.8) is 0 Å². The van der Waals surface area contributed by atoms with Crippen LogP contribution in [0.15, 0.2) is 30.3 Å². The molecule has 0 bridgehead atoms. The minimum absolute atomic E-state index is 0.0254. The Morgan fingerprint density at radius 2 is 1.94 bits per heavy atom. The Bertz CT molecular complexity index is 350. The Labute approximate surface area is 96.6 Å². The lowest BCUT2D eigenvalue weighted by atomic mass is 10.0. The highest BCUT2D eigenvalue weighted by Crippen LogP contribution is 2.39. The number of hydrogen-bond donors (Lipinski definition) is 1. The molecule has 3 heteroatoms. The van der Waals surface area contributed by atoms with E-state index in [-0.39, 0.29) is 24.5 Å². The van der Waals surface area contributed by atoms with Gasteiger partial charge in [-0.25, -0.2) is 0 Å². The molecule has 1 aromatic rings. The zero-order valence-electron chi connectivity index (χ0n) is 10.1. The van der Waals surface area contributed by atoms with Crippen LogP contribution in [0.2, 0.25) is 0 Å². The topological polar surface area (TPSA) is 32.7 Å². The number of ether oxygens (including phenoxy) is 1. The smallest absolute Gasteiger partial charge is 0.117 e. The summed E-state index contributed by atoms with van der Waals surface area (Å²) in [6, 6.07) is 10.1. The molecular weight excluding hydrogens is 202 g/mol. The number of hydrogen-bond acceptors (Lipinski definition) is 3. The molecule has 1 heterocycles. The molecule has 2 rings (SSSR count). The van der Waals surface area contributed by atoms with Crippen molar-refractivity contribution in [3.05, 3.63) is 35.9 Å². The molecule has 0 spiro atoms. The van der Waals surface area contributed by atoms with Crippen molar-refractivity contribution in [1.29, 1.82) is 0 Å². The summed E-state index contributed by atoms with van der Waals surface area (Å²) in [4.78, 5) is 2.09. The summed E-state index contributed by atoms with van der Waals surface area (Å²) in [6.07, 6.45) is -0.0498. The van der Waals surface area contributed by atoms with Crippen molar-refractivity contribution in [2.24, 2.45) is 0 Å². The van der Waals surface area contributed by atoms with Crippen molar-refractivity contribution in [2.45, 2.75) is 31.7 Å². The number of aliphatic hydroxyl groups is 1. The average Bonchev–Trinajstić information content (AvgIpc) is 2.52. The van der Waals surface area contributed by atoms with Crippen molar-refractivity contribution in [2.75, 3.05) is 13.7 Å². The van der Waals surface area contributed by atoms with Gasteiger partial charge in [-0.1, -0.05) is 30.3 Å². The van der Waals surface area contributed by atoms with Gasteiger partial charge in [0.05, 0.1) is 12.6 Å². The molecule has 2 atom stereocenters.